The van der Waals surface area contributed by atoms with Crippen LogP contribution in [0.1, 0.15) is 11.1 Å². The molecule has 1 rings (SSSR count). The number of hydrogen-bond donors (Lipinski definition) is 0. The van der Waals surface area contributed by atoms with Crippen LogP contribution in [-0.4, -0.2) is 0 Å². The highest BCUT2D eigenvalue weighted by atomic mass is 35.5. The van der Waals surface area contributed by atoms with Gasteiger partial charge in [-0.1, -0.05) is 11.6 Å². The summed E-state index contributed by atoms with van der Waals surface area (Å²) in [5, 5.41) is -0.547. The van der Waals surface area contributed by atoms with Crippen molar-refractivity contribution in [3.05, 3.63) is 34.1 Å². The fourth-order valence-electron chi connectivity index (χ4n) is 1.03. The van der Waals surface area contributed by atoms with Crippen LogP contribution < -0.4 is 0 Å². The summed E-state index contributed by atoms with van der Waals surface area (Å²) < 4.78 is 50.0. The van der Waals surface area contributed by atoms with Gasteiger partial charge in [0.1, 0.15) is 5.82 Å². The second-order valence-corrected chi connectivity index (χ2v) is 3.19. The minimum Gasteiger partial charge on any atom is -0.207 e. The Balaban J connectivity index is 3.46. The summed E-state index contributed by atoms with van der Waals surface area (Å²) in [5.41, 5.74) is -1.82. The molecule has 0 aliphatic heterocycles. The van der Waals surface area contributed by atoms with Crippen LogP contribution in [0.3, 0.4) is 0 Å². The van der Waals surface area contributed by atoms with Gasteiger partial charge < -0.3 is 0 Å². The van der Waals surface area contributed by atoms with E-state index in [1.54, 1.807) is 0 Å². The molecule has 0 saturated carbocycles. The summed E-state index contributed by atoms with van der Waals surface area (Å²) in [6.07, 6.45) is -4.69. The lowest BCUT2D eigenvalue weighted by atomic mass is 10.1. The molecule has 0 unspecified atom stereocenters. The van der Waals surface area contributed by atoms with Crippen LogP contribution >= 0.6 is 23.2 Å². The third kappa shape index (κ3) is 2.12. The third-order valence-corrected chi connectivity index (χ3v) is 2.20. The molecule has 0 aliphatic rings. The highest BCUT2D eigenvalue weighted by molar-refractivity contribution is 6.31. The lowest BCUT2D eigenvalue weighted by Gasteiger charge is -2.13. The second-order valence-electron chi connectivity index (χ2n) is 2.51. The van der Waals surface area contributed by atoms with E-state index in [1.165, 1.54) is 0 Å². The molecule has 78 valence electrons. The topological polar surface area (TPSA) is 0 Å². The summed E-state index contributed by atoms with van der Waals surface area (Å²) >= 11 is 10.5. The molecule has 0 aliphatic carbocycles. The van der Waals surface area contributed by atoms with Crippen molar-refractivity contribution in [2.24, 2.45) is 0 Å². The monoisotopic (exact) mass is 246 g/mol. The average Bonchev–Trinajstić information content (AvgIpc) is 2.06. The average molecular weight is 247 g/mol. The van der Waals surface area contributed by atoms with E-state index in [9.17, 15) is 17.6 Å². The molecule has 0 atom stereocenters. The quantitative estimate of drug-likeness (QED) is 0.514. The van der Waals surface area contributed by atoms with Gasteiger partial charge >= 0.3 is 6.18 Å². The van der Waals surface area contributed by atoms with Gasteiger partial charge in [-0.05, 0) is 12.1 Å². The first-order chi connectivity index (χ1) is 6.38. The van der Waals surface area contributed by atoms with E-state index < -0.39 is 34.0 Å². The summed E-state index contributed by atoms with van der Waals surface area (Å²) in [6.45, 7) is 0. The summed E-state index contributed by atoms with van der Waals surface area (Å²) in [4.78, 5) is 0. The number of alkyl halides is 4. The van der Waals surface area contributed by atoms with Gasteiger partial charge in [-0.2, -0.15) is 13.2 Å². The van der Waals surface area contributed by atoms with E-state index in [1.807, 2.05) is 0 Å². The zero-order valence-electron chi connectivity index (χ0n) is 6.63. The fourth-order valence-corrected chi connectivity index (χ4v) is 1.58. The van der Waals surface area contributed by atoms with Crippen molar-refractivity contribution in [2.75, 3.05) is 0 Å². The van der Waals surface area contributed by atoms with E-state index in [2.05, 4.69) is 0 Å². The first-order valence-corrected chi connectivity index (χ1v) is 4.39. The SMILES string of the molecule is Fc1ccc(Cl)c(C(F)(F)F)c1CCl. The van der Waals surface area contributed by atoms with Gasteiger partial charge in [0, 0.05) is 5.56 Å². The lowest BCUT2D eigenvalue weighted by molar-refractivity contribution is -0.138. The first-order valence-electron chi connectivity index (χ1n) is 3.48. The first kappa shape index (κ1) is 11.6. The van der Waals surface area contributed by atoms with Crippen molar-refractivity contribution >= 4 is 23.2 Å². The predicted molar refractivity (Wildman–Crippen MR) is 46.0 cm³/mol. The van der Waals surface area contributed by atoms with Crippen molar-refractivity contribution in [1.29, 1.82) is 0 Å². The molecule has 0 bridgehead atoms. The van der Waals surface area contributed by atoms with E-state index in [4.69, 9.17) is 23.2 Å². The normalized spacial score (nSPS) is 11.9. The predicted octanol–water partition coefficient (Wildman–Crippen LogP) is 4.24. The van der Waals surface area contributed by atoms with Crippen molar-refractivity contribution in [3.8, 4) is 0 Å². The molecule has 0 N–H and O–H groups in total. The van der Waals surface area contributed by atoms with Gasteiger partial charge in [0.25, 0.3) is 0 Å². The van der Waals surface area contributed by atoms with Crippen LogP contribution in [0.2, 0.25) is 5.02 Å². The standard InChI is InChI=1S/C8H4Cl2F4/c9-3-4-6(11)2-1-5(10)7(4)8(12,13)14/h1-2H,3H2. The number of halogens is 6. The van der Waals surface area contributed by atoms with Gasteiger partial charge in [0.05, 0.1) is 16.5 Å². The molecule has 0 spiro atoms. The maximum absolute atomic E-state index is 12.9. The van der Waals surface area contributed by atoms with Crippen LogP contribution in [0.4, 0.5) is 17.6 Å². The number of hydrogen-bond acceptors (Lipinski definition) is 0. The molecule has 14 heavy (non-hydrogen) atoms. The van der Waals surface area contributed by atoms with E-state index >= 15 is 0 Å². The molecule has 6 heteroatoms. The molecule has 0 radical (unpaired) electrons. The van der Waals surface area contributed by atoms with Crippen molar-refractivity contribution in [2.45, 2.75) is 12.1 Å². The number of rotatable bonds is 1. The van der Waals surface area contributed by atoms with E-state index in [-0.39, 0.29) is 0 Å². The maximum atomic E-state index is 12.9. The highest BCUT2D eigenvalue weighted by Gasteiger charge is 2.36. The van der Waals surface area contributed by atoms with Gasteiger partial charge in [-0.25, -0.2) is 4.39 Å². The molecule has 1 aromatic carbocycles. The molecule has 0 nitrogen and oxygen atoms in total. The van der Waals surface area contributed by atoms with Crippen LogP contribution in [0.25, 0.3) is 0 Å². The Kier molecular flexibility index (Phi) is 3.27. The molecular weight excluding hydrogens is 243 g/mol. The Morgan fingerprint density at radius 1 is 1.21 bits per heavy atom. The van der Waals surface area contributed by atoms with E-state index in [0.717, 1.165) is 12.1 Å². The van der Waals surface area contributed by atoms with Crippen LogP contribution in [0, 0.1) is 5.82 Å². The van der Waals surface area contributed by atoms with Crippen molar-refractivity contribution in [1.82, 2.24) is 0 Å². The molecular formula is C8H4Cl2F4. The second kappa shape index (κ2) is 3.95. The van der Waals surface area contributed by atoms with E-state index in [0.29, 0.717) is 0 Å². The van der Waals surface area contributed by atoms with Crippen LogP contribution in [0.5, 0.6) is 0 Å². The summed E-state index contributed by atoms with van der Waals surface area (Å²) in [6, 6.07) is 1.71. The van der Waals surface area contributed by atoms with Crippen molar-refractivity contribution < 1.29 is 17.6 Å². The molecule has 0 heterocycles. The summed E-state index contributed by atoms with van der Waals surface area (Å²) in [7, 11) is 0. The number of benzene rings is 1. The summed E-state index contributed by atoms with van der Waals surface area (Å²) in [5.74, 6) is -1.57. The Bertz CT molecular complexity index is 346. The van der Waals surface area contributed by atoms with Crippen molar-refractivity contribution in [3.63, 3.8) is 0 Å². The Hall–Kier alpha value is -0.480. The Labute approximate surface area is 87.4 Å². The van der Waals surface area contributed by atoms with Gasteiger partial charge in [0.15, 0.2) is 0 Å². The maximum Gasteiger partial charge on any atom is 0.418 e. The Morgan fingerprint density at radius 2 is 1.79 bits per heavy atom. The Morgan fingerprint density at radius 3 is 2.14 bits per heavy atom. The largest absolute Gasteiger partial charge is 0.418 e. The van der Waals surface area contributed by atoms with Gasteiger partial charge in [-0.3, -0.25) is 0 Å². The zero-order valence-corrected chi connectivity index (χ0v) is 8.14. The molecule has 0 amide bonds. The lowest BCUT2D eigenvalue weighted by Crippen LogP contribution is -2.11. The minimum atomic E-state index is -4.69. The third-order valence-electron chi connectivity index (χ3n) is 1.62. The zero-order chi connectivity index (χ0) is 10.9. The molecule has 0 saturated heterocycles. The molecule has 0 fully saturated rings. The smallest absolute Gasteiger partial charge is 0.207 e. The highest BCUT2D eigenvalue weighted by Crippen LogP contribution is 2.38. The molecule has 1 aromatic rings. The fraction of sp³-hybridized carbons (Fsp3) is 0.250. The van der Waals surface area contributed by atoms with Gasteiger partial charge in [0.2, 0.25) is 0 Å². The van der Waals surface area contributed by atoms with Crippen LogP contribution in [-0.2, 0) is 12.1 Å². The minimum absolute atomic E-state index is 0.547. The van der Waals surface area contributed by atoms with Gasteiger partial charge in [-0.15, -0.1) is 11.6 Å². The molecule has 0 aromatic heterocycles. The van der Waals surface area contributed by atoms with Crippen LogP contribution in [0.15, 0.2) is 12.1 Å².